The van der Waals surface area contributed by atoms with Crippen molar-refractivity contribution in [1.29, 1.82) is 0 Å². The third kappa shape index (κ3) is 7.95. The monoisotopic (exact) mass is 402 g/mol. The van der Waals surface area contributed by atoms with Crippen LogP contribution in [0.4, 0.5) is 0 Å². The number of carbonyl (C=O) groups excluding carboxylic acids is 1. The van der Waals surface area contributed by atoms with Gasteiger partial charge in [-0.25, -0.2) is 0 Å². The van der Waals surface area contributed by atoms with Crippen LogP contribution in [0.15, 0.2) is 0 Å². The second-order valence-electron chi connectivity index (χ2n) is 9.07. The van der Waals surface area contributed by atoms with Crippen molar-refractivity contribution in [2.75, 3.05) is 33.0 Å². The van der Waals surface area contributed by atoms with Crippen LogP contribution in [0.5, 0.6) is 0 Å². The van der Waals surface area contributed by atoms with E-state index in [-0.39, 0.29) is 31.2 Å². The Balaban J connectivity index is 1.54. The summed E-state index contributed by atoms with van der Waals surface area (Å²) in [4.78, 5) is 11.9. The van der Waals surface area contributed by atoms with Crippen LogP contribution >= 0.6 is 0 Å². The van der Waals surface area contributed by atoms with Gasteiger partial charge in [0.1, 0.15) is 18.8 Å². The van der Waals surface area contributed by atoms with Gasteiger partial charge in [0.05, 0.1) is 32.8 Å². The van der Waals surface area contributed by atoms with E-state index in [0.29, 0.717) is 38.3 Å². The lowest BCUT2D eigenvalue weighted by atomic mass is 10.0. The normalized spacial score (nSPS) is 33.1. The average Bonchev–Trinajstić information content (AvgIpc) is 3.11. The first-order valence-electron chi connectivity index (χ1n) is 10.5. The minimum Gasteiger partial charge on any atom is -0.463 e. The molecule has 2 fully saturated rings. The zero-order valence-electron chi connectivity index (χ0n) is 18.3. The summed E-state index contributed by atoms with van der Waals surface area (Å²) in [5.41, 5.74) is 0. The second-order valence-corrected chi connectivity index (χ2v) is 9.07. The summed E-state index contributed by atoms with van der Waals surface area (Å²) >= 11 is 0. The molecular weight excluding hydrogens is 364 g/mol. The molecule has 2 heterocycles. The van der Waals surface area contributed by atoms with Crippen molar-refractivity contribution in [3.05, 3.63) is 0 Å². The number of carbonyl (C=O) groups is 1. The topological polar surface area (TPSA) is 72.5 Å². The van der Waals surface area contributed by atoms with Gasteiger partial charge >= 0.3 is 5.97 Å². The molecule has 7 heteroatoms. The SMILES string of the molecule is CC(C)CC1(C)OCC(COCCC(=O)OCC2COC(C)(CC(C)C)O2)O1. The summed E-state index contributed by atoms with van der Waals surface area (Å²) in [5.74, 6) is -0.441. The molecule has 28 heavy (non-hydrogen) atoms. The Morgan fingerprint density at radius 1 is 0.929 bits per heavy atom. The molecule has 4 atom stereocenters. The van der Waals surface area contributed by atoms with Crippen LogP contribution in [0.25, 0.3) is 0 Å². The molecule has 0 aromatic carbocycles. The highest BCUT2D eigenvalue weighted by molar-refractivity contribution is 5.69. The zero-order chi connectivity index (χ0) is 20.8. The van der Waals surface area contributed by atoms with Gasteiger partial charge in [0.15, 0.2) is 11.6 Å². The molecule has 2 aliphatic heterocycles. The number of rotatable bonds is 11. The van der Waals surface area contributed by atoms with E-state index >= 15 is 0 Å². The minimum absolute atomic E-state index is 0.0950. The first-order valence-corrected chi connectivity index (χ1v) is 10.5. The van der Waals surface area contributed by atoms with Gasteiger partial charge < -0.3 is 28.4 Å². The molecule has 0 N–H and O–H groups in total. The van der Waals surface area contributed by atoms with Crippen LogP contribution in [0, 0.1) is 11.8 Å². The van der Waals surface area contributed by atoms with Crippen molar-refractivity contribution in [3.63, 3.8) is 0 Å². The molecule has 0 aromatic rings. The van der Waals surface area contributed by atoms with Gasteiger partial charge in [-0.2, -0.15) is 0 Å². The third-order valence-electron chi connectivity index (χ3n) is 4.72. The van der Waals surface area contributed by atoms with Crippen LogP contribution in [-0.2, 0) is 33.2 Å². The highest BCUT2D eigenvalue weighted by Gasteiger charge is 2.39. The van der Waals surface area contributed by atoms with E-state index in [1.807, 2.05) is 13.8 Å². The van der Waals surface area contributed by atoms with Crippen molar-refractivity contribution in [1.82, 2.24) is 0 Å². The molecule has 2 rings (SSSR count). The maximum Gasteiger partial charge on any atom is 0.308 e. The fourth-order valence-electron chi connectivity index (χ4n) is 3.87. The minimum atomic E-state index is -0.582. The molecule has 0 saturated carbocycles. The quantitative estimate of drug-likeness (QED) is 0.388. The lowest BCUT2D eigenvalue weighted by Crippen LogP contribution is -2.30. The smallest absolute Gasteiger partial charge is 0.308 e. The Kier molecular flexibility index (Phi) is 8.70. The predicted molar refractivity (Wildman–Crippen MR) is 104 cm³/mol. The molecule has 0 bridgehead atoms. The lowest BCUT2D eigenvalue weighted by Gasteiger charge is -2.25. The Morgan fingerprint density at radius 3 is 1.93 bits per heavy atom. The molecule has 0 spiro atoms. The van der Waals surface area contributed by atoms with E-state index in [0.717, 1.165) is 12.8 Å². The van der Waals surface area contributed by atoms with Crippen LogP contribution in [0.1, 0.15) is 60.8 Å². The van der Waals surface area contributed by atoms with Crippen LogP contribution in [-0.4, -0.2) is 62.8 Å². The third-order valence-corrected chi connectivity index (χ3v) is 4.72. The Hall–Kier alpha value is -0.730. The Morgan fingerprint density at radius 2 is 1.43 bits per heavy atom. The Labute approximate surface area is 169 Å². The molecule has 4 unspecified atom stereocenters. The number of hydrogen-bond donors (Lipinski definition) is 0. The number of ether oxygens (including phenoxy) is 6. The first-order chi connectivity index (χ1) is 13.1. The molecule has 7 nitrogen and oxygen atoms in total. The second kappa shape index (κ2) is 10.3. The molecule has 0 radical (unpaired) electrons. The van der Waals surface area contributed by atoms with E-state index < -0.39 is 11.6 Å². The van der Waals surface area contributed by atoms with Gasteiger partial charge in [0, 0.05) is 12.8 Å². The highest BCUT2D eigenvalue weighted by Crippen LogP contribution is 2.30. The van der Waals surface area contributed by atoms with Crippen LogP contribution in [0.3, 0.4) is 0 Å². The van der Waals surface area contributed by atoms with E-state index in [4.69, 9.17) is 28.4 Å². The summed E-state index contributed by atoms with van der Waals surface area (Å²) in [6.07, 6.45) is 1.56. The van der Waals surface area contributed by atoms with Gasteiger partial charge in [0.2, 0.25) is 0 Å². The van der Waals surface area contributed by atoms with E-state index in [9.17, 15) is 4.79 Å². The number of esters is 1. The first kappa shape index (κ1) is 23.5. The van der Waals surface area contributed by atoms with Crippen molar-refractivity contribution in [3.8, 4) is 0 Å². The van der Waals surface area contributed by atoms with Gasteiger partial charge in [-0.1, -0.05) is 27.7 Å². The summed E-state index contributed by atoms with van der Waals surface area (Å²) < 4.78 is 34.2. The van der Waals surface area contributed by atoms with Gasteiger partial charge in [-0.05, 0) is 25.7 Å². The van der Waals surface area contributed by atoms with Crippen molar-refractivity contribution in [2.45, 2.75) is 84.6 Å². The molecule has 2 aliphatic rings. The van der Waals surface area contributed by atoms with Gasteiger partial charge in [-0.15, -0.1) is 0 Å². The fourth-order valence-corrected chi connectivity index (χ4v) is 3.87. The number of hydrogen-bond acceptors (Lipinski definition) is 7. The van der Waals surface area contributed by atoms with Crippen molar-refractivity contribution >= 4 is 5.97 Å². The summed E-state index contributed by atoms with van der Waals surface area (Å²) in [5, 5.41) is 0. The average molecular weight is 403 g/mol. The molecule has 2 saturated heterocycles. The maximum absolute atomic E-state index is 11.9. The Bertz CT molecular complexity index is 495. The summed E-state index contributed by atoms with van der Waals surface area (Å²) in [6, 6.07) is 0. The molecular formula is C21H38O7. The highest BCUT2D eigenvalue weighted by atomic mass is 16.8. The van der Waals surface area contributed by atoms with Crippen molar-refractivity contribution < 1.29 is 33.2 Å². The maximum atomic E-state index is 11.9. The van der Waals surface area contributed by atoms with E-state index in [2.05, 4.69) is 27.7 Å². The van der Waals surface area contributed by atoms with Crippen molar-refractivity contribution in [2.24, 2.45) is 11.8 Å². The predicted octanol–water partition coefficient (Wildman–Crippen LogP) is 3.29. The van der Waals surface area contributed by atoms with E-state index in [1.165, 1.54) is 0 Å². The molecule has 0 aromatic heterocycles. The van der Waals surface area contributed by atoms with Gasteiger partial charge in [0.25, 0.3) is 0 Å². The van der Waals surface area contributed by atoms with Crippen LogP contribution < -0.4 is 0 Å². The fraction of sp³-hybridized carbons (Fsp3) is 0.952. The van der Waals surface area contributed by atoms with E-state index in [1.54, 1.807) is 0 Å². The summed E-state index contributed by atoms with van der Waals surface area (Å²) in [7, 11) is 0. The molecule has 0 aliphatic carbocycles. The van der Waals surface area contributed by atoms with Crippen LogP contribution in [0.2, 0.25) is 0 Å². The molecule has 164 valence electrons. The summed E-state index contributed by atoms with van der Waals surface area (Å²) in [6.45, 7) is 14.3. The largest absolute Gasteiger partial charge is 0.463 e. The lowest BCUT2D eigenvalue weighted by molar-refractivity contribution is -0.174. The van der Waals surface area contributed by atoms with Gasteiger partial charge in [-0.3, -0.25) is 4.79 Å². The molecule has 0 amide bonds. The standard InChI is InChI=1S/C21H38O7/c1-15(2)9-20(5)25-13-17(27-20)11-23-8-7-19(22)24-12-18-14-26-21(6,28-18)10-16(3)4/h15-18H,7-14H2,1-6H3. The zero-order valence-corrected chi connectivity index (χ0v) is 18.3.